The number of rotatable bonds is 3. The Labute approximate surface area is 153 Å². The van der Waals surface area contributed by atoms with Crippen LogP contribution in [0.25, 0.3) is 11.2 Å². The van der Waals surface area contributed by atoms with E-state index in [1.165, 1.54) is 36.2 Å². The van der Waals surface area contributed by atoms with E-state index in [4.69, 9.17) is 9.97 Å². The molecule has 26 heavy (non-hydrogen) atoms. The van der Waals surface area contributed by atoms with Gasteiger partial charge >= 0.3 is 0 Å². The van der Waals surface area contributed by atoms with Gasteiger partial charge < -0.3 is 4.57 Å². The summed E-state index contributed by atoms with van der Waals surface area (Å²) in [6, 6.07) is 0.529. The van der Waals surface area contributed by atoms with Crippen molar-refractivity contribution in [2.75, 3.05) is 13.1 Å². The monoisotopic (exact) mass is 348 g/mol. The SMILES string of the molecule is Cc1cnc2c(n1)c1c(n2CCc2cnc(C)nc2)CCN2CCCC12. The van der Waals surface area contributed by atoms with Crippen LogP contribution in [0.3, 0.4) is 0 Å². The molecule has 0 aliphatic carbocycles. The van der Waals surface area contributed by atoms with Crippen LogP contribution in [0.2, 0.25) is 0 Å². The van der Waals surface area contributed by atoms with Crippen LogP contribution in [0.1, 0.15) is 47.2 Å². The van der Waals surface area contributed by atoms with Crippen molar-refractivity contribution in [3.05, 3.63) is 46.9 Å². The highest BCUT2D eigenvalue weighted by Crippen LogP contribution is 2.41. The zero-order valence-electron chi connectivity index (χ0n) is 15.4. The molecule has 1 fully saturated rings. The van der Waals surface area contributed by atoms with Crippen molar-refractivity contribution in [2.24, 2.45) is 0 Å². The van der Waals surface area contributed by atoms with Crippen LogP contribution in [-0.4, -0.2) is 42.5 Å². The normalized spacial score (nSPS) is 19.7. The molecule has 0 saturated carbocycles. The van der Waals surface area contributed by atoms with Crippen molar-refractivity contribution in [2.45, 2.75) is 52.1 Å². The van der Waals surface area contributed by atoms with Crippen molar-refractivity contribution in [3.63, 3.8) is 0 Å². The number of fused-ring (bicyclic) bond motifs is 5. The Kier molecular flexibility index (Phi) is 3.74. The van der Waals surface area contributed by atoms with Crippen molar-refractivity contribution in [3.8, 4) is 0 Å². The maximum atomic E-state index is 4.90. The number of nitrogens with zero attached hydrogens (tertiary/aromatic N) is 6. The summed E-state index contributed by atoms with van der Waals surface area (Å²) in [7, 11) is 0. The van der Waals surface area contributed by atoms with E-state index in [-0.39, 0.29) is 0 Å². The fraction of sp³-hybridized carbons (Fsp3) is 0.500. The van der Waals surface area contributed by atoms with Crippen LogP contribution in [0.5, 0.6) is 0 Å². The molecule has 6 heteroatoms. The summed E-state index contributed by atoms with van der Waals surface area (Å²) in [5, 5.41) is 0. The van der Waals surface area contributed by atoms with Crippen LogP contribution in [0.15, 0.2) is 18.6 Å². The Hall–Kier alpha value is -2.34. The first-order valence-electron chi connectivity index (χ1n) is 9.57. The molecule has 134 valence electrons. The van der Waals surface area contributed by atoms with E-state index in [1.54, 1.807) is 0 Å². The molecule has 0 amide bonds. The van der Waals surface area contributed by atoms with Gasteiger partial charge in [0.1, 0.15) is 11.3 Å². The van der Waals surface area contributed by atoms with Crippen LogP contribution < -0.4 is 0 Å². The van der Waals surface area contributed by atoms with E-state index in [1.807, 2.05) is 32.4 Å². The van der Waals surface area contributed by atoms with E-state index < -0.39 is 0 Å². The zero-order chi connectivity index (χ0) is 17.7. The van der Waals surface area contributed by atoms with Crippen molar-refractivity contribution in [1.29, 1.82) is 0 Å². The third-order valence-corrected chi connectivity index (χ3v) is 5.81. The number of aromatic nitrogens is 5. The highest BCUT2D eigenvalue weighted by molar-refractivity contribution is 5.79. The van der Waals surface area contributed by atoms with E-state index >= 15 is 0 Å². The molecule has 0 aromatic carbocycles. The summed E-state index contributed by atoms with van der Waals surface area (Å²) in [6.07, 6.45) is 10.3. The second-order valence-electron chi connectivity index (χ2n) is 7.53. The van der Waals surface area contributed by atoms with Gasteiger partial charge in [-0.3, -0.25) is 4.90 Å². The molecule has 5 rings (SSSR count). The van der Waals surface area contributed by atoms with Gasteiger partial charge in [-0.2, -0.15) is 0 Å². The fourth-order valence-electron chi connectivity index (χ4n) is 4.58. The zero-order valence-corrected chi connectivity index (χ0v) is 15.4. The lowest BCUT2D eigenvalue weighted by molar-refractivity contribution is 0.241. The first-order chi connectivity index (χ1) is 12.7. The Bertz CT molecular complexity index is 959. The molecule has 5 heterocycles. The molecule has 3 aromatic rings. The molecular weight excluding hydrogens is 324 g/mol. The molecule has 2 aliphatic rings. The van der Waals surface area contributed by atoms with E-state index in [0.717, 1.165) is 48.6 Å². The minimum Gasteiger partial charge on any atom is -0.328 e. The van der Waals surface area contributed by atoms with Crippen LogP contribution >= 0.6 is 0 Å². The molecule has 0 radical (unpaired) electrons. The van der Waals surface area contributed by atoms with Gasteiger partial charge in [0.2, 0.25) is 0 Å². The van der Waals surface area contributed by atoms with Crippen molar-refractivity contribution in [1.82, 2.24) is 29.4 Å². The Morgan fingerprint density at radius 3 is 2.77 bits per heavy atom. The third kappa shape index (κ3) is 2.51. The third-order valence-electron chi connectivity index (χ3n) is 5.81. The van der Waals surface area contributed by atoms with E-state index in [2.05, 4.69) is 19.4 Å². The summed E-state index contributed by atoms with van der Waals surface area (Å²) >= 11 is 0. The largest absolute Gasteiger partial charge is 0.328 e. The fourth-order valence-corrected chi connectivity index (χ4v) is 4.58. The summed E-state index contributed by atoms with van der Waals surface area (Å²) in [4.78, 5) is 21.0. The first-order valence-corrected chi connectivity index (χ1v) is 9.57. The number of hydrogen-bond acceptors (Lipinski definition) is 5. The average molecular weight is 348 g/mol. The van der Waals surface area contributed by atoms with Crippen molar-refractivity contribution < 1.29 is 0 Å². The quantitative estimate of drug-likeness (QED) is 0.728. The van der Waals surface area contributed by atoms with Gasteiger partial charge in [0.15, 0.2) is 5.65 Å². The minimum absolute atomic E-state index is 0.529. The van der Waals surface area contributed by atoms with Crippen LogP contribution in [0.4, 0.5) is 0 Å². The van der Waals surface area contributed by atoms with Gasteiger partial charge in [-0.15, -0.1) is 0 Å². The Morgan fingerprint density at radius 2 is 1.92 bits per heavy atom. The summed E-state index contributed by atoms with van der Waals surface area (Å²) in [5.74, 6) is 0.820. The maximum Gasteiger partial charge on any atom is 0.159 e. The van der Waals surface area contributed by atoms with Crippen LogP contribution in [0, 0.1) is 13.8 Å². The molecule has 3 aromatic heterocycles. The van der Waals surface area contributed by atoms with Gasteiger partial charge in [0.05, 0.1) is 11.9 Å². The second-order valence-corrected chi connectivity index (χ2v) is 7.53. The molecule has 0 bridgehead atoms. The Morgan fingerprint density at radius 1 is 1.08 bits per heavy atom. The lowest BCUT2D eigenvalue weighted by atomic mass is 9.98. The molecule has 2 aliphatic heterocycles. The summed E-state index contributed by atoms with van der Waals surface area (Å²) in [5.41, 5.74) is 7.23. The number of hydrogen-bond donors (Lipinski definition) is 0. The highest BCUT2D eigenvalue weighted by Gasteiger charge is 2.36. The lowest BCUT2D eigenvalue weighted by Gasteiger charge is -2.30. The minimum atomic E-state index is 0.529. The average Bonchev–Trinajstić information content (AvgIpc) is 3.23. The topological polar surface area (TPSA) is 59.7 Å². The first kappa shape index (κ1) is 15.9. The second kappa shape index (κ2) is 6.13. The molecule has 1 unspecified atom stereocenters. The Balaban J connectivity index is 1.57. The maximum absolute atomic E-state index is 4.90. The van der Waals surface area contributed by atoms with E-state index in [9.17, 15) is 0 Å². The molecule has 0 N–H and O–H groups in total. The molecular formula is C20H24N6. The summed E-state index contributed by atoms with van der Waals surface area (Å²) in [6.45, 7) is 7.24. The summed E-state index contributed by atoms with van der Waals surface area (Å²) < 4.78 is 2.41. The number of aryl methyl sites for hydroxylation is 4. The smallest absolute Gasteiger partial charge is 0.159 e. The van der Waals surface area contributed by atoms with Gasteiger partial charge in [0, 0.05) is 49.2 Å². The predicted octanol–water partition coefficient (Wildman–Crippen LogP) is 2.77. The van der Waals surface area contributed by atoms with E-state index in [0.29, 0.717) is 6.04 Å². The van der Waals surface area contributed by atoms with Crippen LogP contribution in [-0.2, 0) is 19.4 Å². The van der Waals surface area contributed by atoms with Gasteiger partial charge in [0.25, 0.3) is 0 Å². The standard InChI is InChI=1S/C20H24N6/c1-13-10-23-20-19(24-13)18-16-4-3-7-25(16)8-6-17(18)26(20)9-5-15-11-21-14(2)22-12-15/h10-12,16H,3-9H2,1-2H3. The molecule has 1 saturated heterocycles. The highest BCUT2D eigenvalue weighted by atomic mass is 15.2. The molecule has 0 spiro atoms. The van der Waals surface area contributed by atoms with Gasteiger partial charge in [-0.05, 0) is 45.2 Å². The molecule has 6 nitrogen and oxygen atoms in total. The van der Waals surface area contributed by atoms with Gasteiger partial charge in [-0.1, -0.05) is 0 Å². The lowest BCUT2D eigenvalue weighted by Crippen LogP contribution is -2.31. The molecule has 1 atom stereocenters. The van der Waals surface area contributed by atoms with Gasteiger partial charge in [-0.25, -0.2) is 19.9 Å². The predicted molar refractivity (Wildman–Crippen MR) is 100.0 cm³/mol. The van der Waals surface area contributed by atoms with Crippen molar-refractivity contribution >= 4 is 11.2 Å².